The van der Waals surface area contributed by atoms with Gasteiger partial charge in [0.15, 0.2) is 0 Å². The molecule has 0 radical (unpaired) electrons. The Bertz CT molecular complexity index is 770. The summed E-state index contributed by atoms with van der Waals surface area (Å²) in [5.41, 5.74) is 0.971. The average molecular weight is 413 g/mol. The maximum atomic E-state index is 11.5. The molecule has 0 aromatic carbocycles. The van der Waals surface area contributed by atoms with E-state index in [9.17, 15) is 9.59 Å². The van der Waals surface area contributed by atoms with Crippen molar-refractivity contribution in [2.75, 3.05) is 26.4 Å². The van der Waals surface area contributed by atoms with Crippen LogP contribution < -0.4 is 11.1 Å². The Kier molecular flexibility index (Phi) is 11.4. The first-order valence-corrected chi connectivity index (χ1v) is 10.3. The number of hydrogen-bond acceptors (Lipinski definition) is 6. The minimum absolute atomic E-state index is 0.0436. The molecule has 0 aliphatic carbocycles. The maximum absolute atomic E-state index is 11.5. The third-order valence-corrected chi connectivity index (χ3v) is 4.58. The van der Waals surface area contributed by atoms with Gasteiger partial charge in [0.1, 0.15) is 12.5 Å². The molecule has 0 fully saturated rings. The van der Waals surface area contributed by atoms with Crippen LogP contribution in [0, 0.1) is 11.3 Å². The molecule has 2 rings (SSSR count). The summed E-state index contributed by atoms with van der Waals surface area (Å²) in [5.74, 6) is 0.344. The summed E-state index contributed by atoms with van der Waals surface area (Å²) in [6.07, 6.45) is 5.99. The van der Waals surface area contributed by atoms with Gasteiger partial charge in [0, 0.05) is 13.2 Å². The van der Waals surface area contributed by atoms with Gasteiger partial charge >= 0.3 is 0 Å². The summed E-state index contributed by atoms with van der Waals surface area (Å²) in [4.78, 5) is 22.9. The van der Waals surface area contributed by atoms with E-state index in [1.807, 2.05) is 13.8 Å². The third kappa shape index (κ3) is 9.80. The van der Waals surface area contributed by atoms with E-state index in [2.05, 4.69) is 31.1 Å². The van der Waals surface area contributed by atoms with Crippen molar-refractivity contribution in [1.82, 2.24) is 10.3 Å². The Hall–Kier alpha value is -2.06. The summed E-state index contributed by atoms with van der Waals surface area (Å²) in [6.45, 7) is 12.6. The Labute approximate surface area is 171 Å². The lowest BCUT2D eigenvalue weighted by Crippen LogP contribution is -2.21. The lowest BCUT2D eigenvalue weighted by atomic mass is 9.84. The van der Waals surface area contributed by atoms with E-state index >= 15 is 0 Å². The van der Waals surface area contributed by atoms with Gasteiger partial charge in [-0.2, -0.15) is 10.3 Å². The van der Waals surface area contributed by atoms with Gasteiger partial charge in [0.25, 0.3) is 11.1 Å². The maximum Gasteiger partial charge on any atom is 0.283 e. The van der Waals surface area contributed by atoms with Gasteiger partial charge in [-0.05, 0) is 37.0 Å². The largest absolute Gasteiger partial charge is 0.387 e. The van der Waals surface area contributed by atoms with Crippen molar-refractivity contribution in [2.45, 2.75) is 60.3 Å². The topological polar surface area (TPSA) is 110 Å². The van der Waals surface area contributed by atoms with E-state index < -0.39 is 0 Å². The molecule has 0 aliphatic rings. The van der Waals surface area contributed by atoms with Crippen LogP contribution in [0.1, 0.15) is 58.6 Å². The summed E-state index contributed by atoms with van der Waals surface area (Å²) in [6, 6.07) is 0. The summed E-state index contributed by atoms with van der Waals surface area (Å²) < 4.78 is 20.8. The number of aromatic amines is 2. The fraction of sp³-hybridized carbons (Fsp3) is 0.714. The van der Waals surface area contributed by atoms with Crippen LogP contribution in [0.3, 0.4) is 0 Å². The number of H-pyrrole nitrogens is 2. The van der Waals surface area contributed by atoms with Crippen molar-refractivity contribution >= 4 is 0 Å². The van der Waals surface area contributed by atoms with Crippen molar-refractivity contribution in [2.24, 2.45) is 11.3 Å². The molecule has 2 aromatic rings. The highest BCUT2D eigenvalue weighted by molar-refractivity contribution is 5.04. The first-order valence-electron chi connectivity index (χ1n) is 10.3. The van der Waals surface area contributed by atoms with Crippen molar-refractivity contribution in [1.29, 1.82) is 0 Å². The average Bonchev–Trinajstić information content (AvgIpc) is 3.27. The predicted octanol–water partition coefficient (Wildman–Crippen LogP) is 3.54. The second-order valence-electron chi connectivity index (χ2n) is 7.80. The smallest absolute Gasteiger partial charge is 0.283 e. The molecule has 0 amide bonds. The van der Waals surface area contributed by atoms with Gasteiger partial charge in [0.05, 0.1) is 24.3 Å². The minimum Gasteiger partial charge on any atom is -0.387 e. The number of ether oxygens (including phenoxy) is 2. The Morgan fingerprint density at radius 2 is 1.48 bits per heavy atom. The molecule has 166 valence electrons. The van der Waals surface area contributed by atoms with Crippen molar-refractivity contribution in [3.05, 3.63) is 44.4 Å². The second-order valence-corrected chi connectivity index (χ2v) is 7.80. The first-order chi connectivity index (χ1) is 13.9. The molecule has 0 spiro atoms. The first kappa shape index (κ1) is 25.0. The number of hydrogen-bond donors (Lipinski definition) is 2. The van der Waals surface area contributed by atoms with Crippen LogP contribution in [-0.2, 0) is 22.3 Å². The predicted molar refractivity (Wildman–Crippen MR) is 111 cm³/mol. The van der Waals surface area contributed by atoms with E-state index in [1.165, 1.54) is 12.5 Å². The van der Waals surface area contributed by atoms with E-state index in [-0.39, 0.29) is 16.5 Å². The summed E-state index contributed by atoms with van der Waals surface area (Å²) in [5, 5.41) is 4.60. The zero-order chi connectivity index (χ0) is 21.7. The zero-order valence-corrected chi connectivity index (χ0v) is 18.3. The lowest BCUT2D eigenvalue weighted by Gasteiger charge is -2.23. The number of aromatic nitrogens is 2. The molecule has 2 N–H and O–H groups in total. The van der Waals surface area contributed by atoms with Crippen LogP contribution in [0.15, 0.2) is 31.2 Å². The highest BCUT2D eigenvalue weighted by Gasteiger charge is 2.21. The molecule has 0 saturated carbocycles. The Morgan fingerprint density at radius 3 is 2.03 bits per heavy atom. The van der Waals surface area contributed by atoms with Crippen LogP contribution in [0.4, 0.5) is 0 Å². The summed E-state index contributed by atoms with van der Waals surface area (Å²) in [7, 11) is 0. The molecule has 0 aliphatic heterocycles. The quantitative estimate of drug-likeness (QED) is 0.487. The fourth-order valence-electron chi connectivity index (χ4n) is 2.85. The molecule has 8 heteroatoms. The van der Waals surface area contributed by atoms with Gasteiger partial charge in [-0.15, -0.1) is 0 Å². The van der Waals surface area contributed by atoms with Crippen LogP contribution in [0.25, 0.3) is 0 Å². The molecule has 1 atom stereocenters. The molecule has 2 heterocycles. The van der Waals surface area contributed by atoms with Gasteiger partial charge < -0.3 is 18.5 Å². The monoisotopic (exact) mass is 412 g/mol. The third-order valence-electron chi connectivity index (χ3n) is 4.58. The normalized spacial score (nSPS) is 12.4. The van der Waals surface area contributed by atoms with Gasteiger partial charge in [-0.1, -0.05) is 34.6 Å². The molecular weight excluding hydrogens is 376 g/mol. The van der Waals surface area contributed by atoms with E-state index in [1.54, 1.807) is 0 Å². The van der Waals surface area contributed by atoms with Gasteiger partial charge in [-0.3, -0.25) is 9.59 Å². The van der Waals surface area contributed by atoms with Crippen molar-refractivity contribution in [3.8, 4) is 0 Å². The minimum atomic E-state index is -0.163. The van der Waals surface area contributed by atoms with Gasteiger partial charge in [-0.25, -0.2) is 0 Å². The molecular formula is C21H36N2O6. The highest BCUT2D eigenvalue weighted by atomic mass is 16.5. The Balaban J connectivity index is 0.00000204. The zero-order valence-electron chi connectivity index (χ0n) is 18.3. The molecule has 29 heavy (non-hydrogen) atoms. The molecule has 1 unspecified atom stereocenters. The molecule has 0 saturated heterocycles. The van der Waals surface area contributed by atoms with E-state index in [0.717, 1.165) is 12.8 Å². The molecule has 2 aromatic heterocycles. The number of nitrogens with one attached hydrogen (secondary N) is 2. The SMILES string of the molecule is CC.CC(CCOCCOCCC(C)(C)Cc1co[nH]c1=O)Cc1co[nH]c1=O. The second kappa shape index (κ2) is 13.2. The number of rotatable bonds is 13. The Morgan fingerprint density at radius 1 is 0.931 bits per heavy atom. The van der Waals surface area contributed by atoms with Crippen LogP contribution in [0.5, 0.6) is 0 Å². The fourth-order valence-corrected chi connectivity index (χ4v) is 2.85. The van der Waals surface area contributed by atoms with Crippen molar-refractivity contribution < 1.29 is 18.5 Å². The lowest BCUT2D eigenvalue weighted by molar-refractivity contribution is 0.0338. The summed E-state index contributed by atoms with van der Waals surface area (Å²) >= 11 is 0. The van der Waals surface area contributed by atoms with Crippen LogP contribution >= 0.6 is 0 Å². The van der Waals surface area contributed by atoms with E-state index in [0.29, 0.717) is 56.3 Å². The standard InChI is InChI=1S/C19H30N2O6.C2H6/c1-14(10-15-12-26-20-17(15)22)4-6-24-8-9-25-7-5-19(2,3)11-16-13-27-21-18(16)23;1-2/h12-14H,4-11H2,1-3H3,(H,20,22)(H,21,23);1-2H3. The molecule has 0 bridgehead atoms. The molecule has 8 nitrogen and oxygen atoms in total. The highest BCUT2D eigenvalue weighted by Crippen LogP contribution is 2.24. The van der Waals surface area contributed by atoms with Crippen LogP contribution in [0.2, 0.25) is 0 Å². The van der Waals surface area contributed by atoms with Crippen molar-refractivity contribution in [3.63, 3.8) is 0 Å². The van der Waals surface area contributed by atoms with Gasteiger partial charge in [0.2, 0.25) is 0 Å². The van der Waals surface area contributed by atoms with Crippen LogP contribution in [-0.4, -0.2) is 36.7 Å². The van der Waals surface area contributed by atoms with E-state index in [4.69, 9.17) is 18.5 Å².